The minimum atomic E-state index is -0.0669. The number of hydrogen-bond acceptors (Lipinski definition) is 2. The third-order valence-electron chi connectivity index (χ3n) is 2.09. The molecule has 0 spiro atoms. The van der Waals surface area contributed by atoms with Gasteiger partial charge in [-0.2, -0.15) is 0 Å². The lowest BCUT2D eigenvalue weighted by atomic mass is 10.1. The van der Waals surface area contributed by atoms with E-state index in [0.29, 0.717) is 12.5 Å². The van der Waals surface area contributed by atoms with Crippen LogP contribution in [0, 0.1) is 0 Å². The summed E-state index contributed by atoms with van der Waals surface area (Å²) in [6.07, 6.45) is 2.58. The average molecular weight is 185 g/mol. The molecule has 1 atom stereocenters. The number of rotatable bonds is 3. The number of amides is 1. The quantitative estimate of drug-likeness (QED) is 0.723. The minimum Gasteiger partial charge on any atom is -0.376 e. The molecule has 0 aromatic rings. The molecule has 0 aromatic heterocycles. The number of carbonyl (C=O) groups excluding carboxylic acids is 1. The Morgan fingerprint density at radius 2 is 2.23 bits per heavy atom. The highest BCUT2D eigenvalue weighted by Crippen LogP contribution is 2.12. The van der Waals surface area contributed by atoms with Gasteiger partial charge in [0.25, 0.3) is 0 Å². The lowest BCUT2D eigenvalue weighted by Crippen LogP contribution is -2.28. The monoisotopic (exact) mass is 185 g/mol. The van der Waals surface area contributed by atoms with E-state index >= 15 is 0 Å². The Balaban J connectivity index is 2.10. The van der Waals surface area contributed by atoms with Crippen molar-refractivity contribution in [2.75, 3.05) is 6.61 Å². The Bertz CT molecular complexity index is 184. The van der Waals surface area contributed by atoms with Crippen LogP contribution < -0.4 is 5.32 Å². The van der Waals surface area contributed by atoms with Crippen LogP contribution in [0.4, 0.5) is 0 Å². The lowest BCUT2D eigenvalue weighted by Gasteiger charge is -2.20. The summed E-state index contributed by atoms with van der Waals surface area (Å²) in [5, 5.41) is 2.92. The third kappa shape index (κ3) is 4.27. The van der Waals surface area contributed by atoms with Crippen molar-refractivity contribution >= 4 is 5.91 Å². The maximum absolute atomic E-state index is 10.9. The third-order valence-corrected chi connectivity index (χ3v) is 2.09. The maximum Gasteiger partial charge on any atom is 0.220 e. The van der Waals surface area contributed by atoms with Crippen molar-refractivity contribution in [3.63, 3.8) is 0 Å². The van der Waals surface area contributed by atoms with Gasteiger partial charge in [-0.3, -0.25) is 4.79 Å². The van der Waals surface area contributed by atoms with Crippen molar-refractivity contribution in [2.45, 2.75) is 51.7 Å². The normalized spacial score (nSPS) is 23.3. The van der Waals surface area contributed by atoms with Gasteiger partial charge in [0.1, 0.15) is 0 Å². The summed E-state index contributed by atoms with van der Waals surface area (Å²) in [6.45, 7) is 6.86. The molecule has 1 unspecified atom stereocenters. The van der Waals surface area contributed by atoms with Crippen LogP contribution in [0.2, 0.25) is 0 Å². The molecule has 76 valence electrons. The number of ether oxygens (including phenoxy) is 1. The first-order chi connectivity index (χ1) is 5.97. The van der Waals surface area contributed by atoms with Gasteiger partial charge < -0.3 is 10.1 Å². The van der Waals surface area contributed by atoms with Gasteiger partial charge in [-0.1, -0.05) is 0 Å². The Morgan fingerprint density at radius 1 is 1.54 bits per heavy atom. The van der Waals surface area contributed by atoms with Crippen LogP contribution >= 0.6 is 0 Å². The average Bonchev–Trinajstić information content (AvgIpc) is 2.33. The molecule has 1 amide bonds. The first kappa shape index (κ1) is 10.5. The molecule has 0 bridgehead atoms. The largest absolute Gasteiger partial charge is 0.376 e. The molecule has 1 rings (SSSR count). The van der Waals surface area contributed by atoms with Crippen LogP contribution in [0.5, 0.6) is 0 Å². The molecule has 1 fully saturated rings. The zero-order chi connectivity index (χ0) is 9.90. The van der Waals surface area contributed by atoms with E-state index in [2.05, 4.69) is 5.32 Å². The molecular formula is C10H19NO2. The van der Waals surface area contributed by atoms with Crippen LogP contribution in [-0.2, 0) is 9.53 Å². The summed E-state index contributed by atoms with van der Waals surface area (Å²) in [6, 6.07) is 0.342. The van der Waals surface area contributed by atoms with Gasteiger partial charge in [0.15, 0.2) is 0 Å². The van der Waals surface area contributed by atoms with Gasteiger partial charge in [0.05, 0.1) is 5.60 Å². The number of carbonyl (C=O) groups is 1. The number of nitrogens with one attached hydrogen (secondary N) is 1. The summed E-state index contributed by atoms with van der Waals surface area (Å²) in [5.74, 6) is 0.181. The van der Waals surface area contributed by atoms with E-state index < -0.39 is 0 Å². The van der Waals surface area contributed by atoms with Crippen molar-refractivity contribution < 1.29 is 9.53 Å². The van der Waals surface area contributed by atoms with Crippen molar-refractivity contribution in [1.29, 1.82) is 0 Å². The molecule has 13 heavy (non-hydrogen) atoms. The highest BCUT2D eigenvalue weighted by molar-refractivity contribution is 5.78. The first-order valence-electron chi connectivity index (χ1n) is 4.91. The first-order valence-corrected chi connectivity index (χ1v) is 4.91. The van der Waals surface area contributed by atoms with Gasteiger partial charge in [-0.25, -0.2) is 0 Å². The second-order valence-corrected chi connectivity index (χ2v) is 4.55. The predicted octanol–water partition coefficient (Wildman–Crippen LogP) is 1.47. The SMILES string of the molecule is CC(C)(C)OCCC1CCC(=O)N1. The van der Waals surface area contributed by atoms with Gasteiger partial charge in [-0.15, -0.1) is 0 Å². The fourth-order valence-corrected chi connectivity index (χ4v) is 1.40. The molecule has 0 aliphatic carbocycles. The molecule has 1 aliphatic rings. The van der Waals surface area contributed by atoms with E-state index in [1.54, 1.807) is 0 Å². The summed E-state index contributed by atoms with van der Waals surface area (Å²) >= 11 is 0. The predicted molar refractivity (Wildman–Crippen MR) is 51.5 cm³/mol. The molecule has 1 N–H and O–H groups in total. The molecule has 1 aliphatic heterocycles. The standard InChI is InChI=1S/C10H19NO2/c1-10(2,3)13-7-6-8-4-5-9(12)11-8/h8H,4-7H2,1-3H3,(H,11,12). The molecule has 0 saturated carbocycles. The Kier molecular flexibility index (Phi) is 3.31. The fraction of sp³-hybridized carbons (Fsp3) is 0.900. The molecule has 0 radical (unpaired) electrons. The van der Waals surface area contributed by atoms with E-state index in [1.807, 2.05) is 20.8 Å². The molecule has 0 aromatic carbocycles. The van der Waals surface area contributed by atoms with E-state index in [4.69, 9.17) is 4.74 Å². The van der Waals surface area contributed by atoms with Crippen molar-refractivity contribution in [2.24, 2.45) is 0 Å². The van der Waals surface area contributed by atoms with Gasteiger partial charge in [-0.05, 0) is 33.6 Å². The zero-order valence-electron chi connectivity index (χ0n) is 8.72. The van der Waals surface area contributed by atoms with Gasteiger partial charge >= 0.3 is 0 Å². The minimum absolute atomic E-state index is 0.0669. The summed E-state index contributed by atoms with van der Waals surface area (Å²) < 4.78 is 5.58. The van der Waals surface area contributed by atoms with Crippen LogP contribution in [-0.4, -0.2) is 24.2 Å². The Hall–Kier alpha value is -0.570. The smallest absolute Gasteiger partial charge is 0.220 e. The Morgan fingerprint density at radius 3 is 2.69 bits per heavy atom. The highest BCUT2D eigenvalue weighted by atomic mass is 16.5. The molecule has 3 heteroatoms. The highest BCUT2D eigenvalue weighted by Gasteiger charge is 2.20. The molecule has 1 heterocycles. The van der Waals surface area contributed by atoms with Gasteiger partial charge in [0, 0.05) is 19.1 Å². The molecular weight excluding hydrogens is 166 g/mol. The topological polar surface area (TPSA) is 38.3 Å². The molecule has 3 nitrogen and oxygen atoms in total. The van der Waals surface area contributed by atoms with Gasteiger partial charge in [0.2, 0.25) is 5.91 Å². The number of hydrogen-bond donors (Lipinski definition) is 1. The van der Waals surface area contributed by atoms with Crippen molar-refractivity contribution in [3.8, 4) is 0 Å². The van der Waals surface area contributed by atoms with Crippen LogP contribution in [0.1, 0.15) is 40.0 Å². The summed E-state index contributed by atoms with van der Waals surface area (Å²) in [4.78, 5) is 10.9. The summed E-state index contributed by atoms with van der Waals surface area (Å²) in [5.41, 5.74) is -0.0669. The Labute approximate surface area is 79.8 Å². The van der Waals surface area contributed by atoms with E-state index in [-0.39, 0.29) is 11.5 Å². The van der Waals surface area contributed by atoms with E-state index in [9.17, 15) is 4.79 Å². The van der Waals surface area contributed by atoms with Crippen LogP contribution in [0.15, 0.2) is 0 Å². The maximum atomic E-state index is 10.9. The van der Waals surface area contributed by atoms with E-state index in [0.717, 1.165) is 19.4 Å². The van der Waals surface area contributed by atoms with Crippen molar-refractivity contribution in [3.05, 3.63) is 0 Å². The molecule has 1 saturated heterocycles. The second-order valence-electron chi connectivity index (χ2n) is 4.55. The van der Waals surface area contributed by atoms with Crippen molar-refractivity contribution in [1.82, 2.24) is 5.32 Å². The summed E-state index contributed by atoms with van der Waals surface area (Å²) in [7, 11) is 0. The second kappa shape index (κ2) is 4.09. The van der Waals surface area contributed by atoms with E-state index in [1.165, 1.54) is 0 Å². The van der Waals surface area contributed by atoms with Crippen LogP contribution in [0.25, 0.3) is 0 Å². The fourth-order valence-electron chi connectivity index (χ4n) is 1.40. The van der Waals surface area contributed by atoms with Crippen LogP contribution in [0.3, 0.4) is 0 Å². The lowest BCUT2D eigenvalue weighted by molar-refractivity contribution is -0.119. The zero-order valence-corrected chi connectivity index (χ0v) is 8.72.